The van der Waals surface area contributed by atoms with E-state index in [0.29, 0.717) is 43.0 Å². The third-order valence-electron chi connectivity index (χ3n) is 11.6. The first-order chi connectivity index (χ1) is 27.3. The zero-order chi connectivity index (χ0) is 40.3. The Morgan fingerprint density at radius 2 is 1.68 bits per heavy atom. The third kappa shape index (κ3) is 9.77. The van der Waals surface area contributed by atoms with Gasteiger partial charge < -0.3 is 33.8 Å². The molecule has 7 rings (SSSR count). The van der Waals surface area contributed by atoms with Gasteiger partial charge in [-0.3, -0.25) is 14.7 Å². The van der Waals surface area contributed by atoms with Gasteiger partial charge >= 0.3 is 6.09 Å². The van der Waals surface area contributed by atoms with Gasteiger partial charge in [-0.1, -0.05) is 0 Å². The number of hydrogen-bond acceptors (Lipinski definition) is 11. The highest BCUT2D eigenvalue weighted by atomic mass is 19.1. The molecule has 2 amide bonds. The number of carbonyl (C=O) groups excluding carboxylic acids is 2. The van der Waals surface area contributed by atoms with E-state index in [1.165, 1.54) is 30.1 Å². The molecular formula is C43H59FN8O5. The molecule has 13 nitrogen and oxygen atoms in total. The number of hydrogen-bond donors (Lipinski definition) is 0. The van der Waals surface area contributed by atoms with Crippen molar-refractivity contribution < 1.29 is 28.2 Å². The maximum Gasteiger partial charge on any atom is 0.410 e. The summed E-state index contributed by atoms with van der Waals surface area (Å²) < 4.78 is 33.0. The summed E-state index contributed by atoms with van der Waals surface area (Å²) >= 11 is 0. The average molecular weight is 787 g/mol. The van der Waals surface area contributed by atoms with E-state index in [-0.39, 0.29) is 35.5 Å². The lowest BCUT2D eigenvalue weighted by atomic mass is 10.0. The predicted molar refractivity (Wildman–Crippen MR) is 215 cm³/mol. The molecule has 0 bridgehead atoms. The molecule has 2 unspecified atom stereocenters. The smallest absolute Gasteiger partial charge is 0.410 e. The van der Waals surface area contributed by atoms with Gasteiger partial charge in [-0.05, 0) is 97.2 Å². The first-order valence-corrected chi connectivity index (χ1v) is 20.7. The second kappa shape index (κ2) is 17.5. The quantitative estimate of drug-likeness (QED) is 0.207. The molecule has 2 atom stereocenters. The maximum atomic E-state index is 14.4. The molecule has 14 heteroatoms. The first kappa shape index (κ1) is 40.6. The normalized spacial score (nSPS) is 20.4. The van der Waals surface area contributed by atoms with Gasteiger partial charge in [0, 0.05) is 102 Å². The van der Waals surface area contributed by atoms with Crippen LogP contribution in [0.4, 0.5) is 15.0 Å². The van der Waals surface area contributed by atoms with Gasteiger partial charge in [-0.15, -0.1) is 0 Å². The number of nitrogens with zero attached hydrogens (tertiary/aromatic N) is 8. The van der Waals surface area contributed by atoms with Crippen LogP contribution in [-0.2, 0) is 17.7 Å². The van der Waals surface area contributed by atoms with Crippen molar-refractivity contribution in [2.24, 2.45) is 11.8 Å². The molecule has 0 aliphatic carbocycles. The number of benzene rings is 1. The minimum atomic E-state index is -0.503. The second-order valence-electron chi connectivity index (χ2n) is 17.2. The van der Waals surface area contributed by atoms with Gasteiger partial charge in [0.25, 0.3) is 5.91 Å². The number of rotatable bonds is 12. The Bertz CT molecular complexity index is 1870. The van der Waals surface area contributed by atoms with Crippen molar-refractivity contribution in [3.05, 3.63) is 65.6 Å². The molecule has 3 fully saturated rings. The Morgan fingerprint density at radius 3 is 2.39 bits per heavy atom. The summed E-state index contributed by atoms with van der Waals surface area (Å²) in [6, 6.07) is 5.97. The third-order valence-corrected chi connectivity index (χ3v) is 11.6. The lowest BCUT2D eigenvalue weighted by molar-refractivity contribution is 0.0274. The fraction of sp³-hybridized carbons (Fsp3) is 0.605. The Kier molecular flexibility index (Phi) is 12.5. The monoisotopic (exact) mass is 786 g/mol. The summed E-state index contributed by atoms with van der Waals surface area (Å²) in [4.78, 5) is 50.4. The molecular weight excluding hydrogens is 728 g/mol. The van der Waals surface area contributed by atoms with Crippen molar-refractivity contribution in [3.8, 4) is 17.2 Å². The molecule has 4 aliphatic heterocycles. The van der Waals surface area contributed by atoms with E-state index in [1.807, 2.05) is 58.7 Å². The minimum absolute atomic E-state index is 0.0348. The molecule has 6 heterocycles. The summed E-state index contributed by atoms with van der Waals surface area (Å²) in [5, 5.41) is 0. The molecule has 308 valence electrons. The lowest BCUT2D eigenvalue weighted by Crippen LogP contribution is -2.39. The van der Waals surface area contributed by atoms with E-state index < -0.39 is 11.4 Å². The zero-order valence-electron chi connectivity index (χ0n) is 34.5. The Hall–Kier alpha value is -4.56. The number of anilines is 1. The molecule has 1 aromatic carbocycles. The Balaban J connectivity index is 0.904. The lowest BCUT2D eigenvalue weighted by Gasteiger charge is -2.35. The average Bonchev–Trinajstić information content (AvgIpc) is 3.75. The molecule has 4 aliphatic rings. The molecule has 3 saturated heterocycles. The van der Waals surface area contributed by atoms with Crippen LogP contribution in [-0.4, -0.2) is 130 Å². The van der Waals surface area contributed by atoms with Crippen LogP contribution in [0, 0.1) is 17.7 Å². The summed E-state index contributed by atoms with van der Waals surface area (Å²) in [5.41, 5.74) is 2.02. The van der Waals surface area contributed by atoms with Crippen LogP contribution < -0.4 is 14.4 Å². The van der Waals surface area contributed by atoms with Crippen LogP contribution in [0.2, 0.25) is 0 Å². The highest BCUT2D eigenvalue weighted by Crippen LogP contribution is 2.36. The van der Waals surface area contributed by atoms with Crippen molar-refractivity contribution in [2.45, 2.75) is 91.5 Å². The highest BCUT2D eigenvalue weighted by molar-refractivity contribution is 5.97. The molecule has 0 saturated carbocycles. The van der Waals surface area contributed by atoms with Crippen LogP contribution >= 0.6 is 0 Å². The summed E-state index contributed by atoms with van der Waals surface area (Å²) in [6.07, 6.45) is 8.39. The van der Waals surface area contributed by atoms with Gasteiger partial charge in [0.2, 0.25) is 0 Å². The molecule has 57 heavy (non-hydrogen) atoms. The van der Waals surface area contributed by atoms with Gasteiger partial charge in [-0.2, -0.15) is 0 Å². The number of amides is 2. The second-order valence-corrected chi connectivity index (χ2v) is 17.2. The fourth-order valence-electron chi connectivity index (χ4n) is 8.79. The SMILES string of the molecule is CCN(C(=O)c1cc(F)ccc1Oc1cncnc1N1CCC(Oc2ccnc3c2CN(CCCN2CC4CN(C(=O)OC(C)(C)C)CC4C2)CC3)CC1)C(C)C. The number of piperidine rings is 1. The predicted octanol–water partition coefficient (Wildman–Crippen LogP) is 6.27. The van der Waals surface area contributed by atoms with Crippen molar-refractivity contribution >= 4 is 17.8 Å². The van der Waals surface area contributed by atoms with Gasteiger partial charge in [0.05, 0.1) is 11.8 Å². The topological polar surface area (TPSA) is 117 Å². The largest absolute Gasteiger partial charge is 0.490 e. The number of carbonyl (C=O) groups is 2. The van der Waals surface area contributed by atoms with Crippen LogP contribution in [0.15, 0.2) is 43.0 Å². The van der Waals surface area contributed by atoms with Gasteiger partial charge in [-0.25, -0.2) is 19.2 Å². The van der Waals surface area contributed by atoms with Crippen molar-refractivity contribution in [2.75, 3.05) is 70.3 Å². The van der Waals surface area contributed by atoms with Crippen LogP contribution in [0.5, 0.6) is 17.2 Å². The Labute approximate surface area is 336 Å². The minimum Gasteiger partial charge on any atom is -0.490 e. The highest BCUT2D eigenvalue weighted by Gasteiger charge is 2.42. The number of fused-ring (bicyclic) bond motifs is 2. The maximum absolute atomic E-state index is 14.4. The van der Waals surface area contributed by atoms with Crippen LogP contribution in [0.25, 0.3) is 0 Å². The van der Waals surface area contributed by atoms with Crippen molar-refractivity contribution in [1.82, 2.24) is 34.6 Å². The molecule has 3 aromatic rings. The van der Waals surface area contributed by atoms with E-state index in [0.717, 1.165) is 89.5 Å². The Morgan fingerprint density at radius 1 is 0.947 bits per heavy atom. The number of ether oxygens (including phenoxy) is 3. The summed E-state index contributed by atoms with van der Waals surface area (Å²) in [5.74, 6) is 2.48. The van der Waals surface area contributed by atoms with Crippen molar-refractivity contribution in [3.63, 3.8) is 0 Å². The molecule has 2 aromatic heterocycles. The summed E-state index contributed by atoms with van der Waals surface area (Å²) in [7, 11) is 0. The first-order valence-electron chi connectivity index (χ1n) is 20.7. The van der Waals surface area contributed by atoms with E-state index >= 15 is 0 Å². The molecule has 0 spiro atoms. The fourth-order valence-corrected chi connectivity index (χ4v) is 8.79. The van der Waals surface area contributed by atoms with Gasteiger partial charge in [0.1, 0.15) is 35.3 Å². The number of halogens is 1. The van der Waals surface area contributed by atoms with E-state index in [4.69, 9.17) is 19.2 Å². The summed E-state index contributed by atoms with van der Waals surface area (Å²) in [6.45, 7) is 21.0. The van der Waals surface area contributed by atoms with E-state index in [2.05, 4.69) is 24.7 Å². The van der Waals surface area contributed by atoms with Crippen molar-refractivity contribution in [1.29, 1.82) is 0 Å². The number of likely N-dealkylation sites (tertiary alicyclic amines) is 2. The number of aromatic nitrogens is 3. The van der Waals surface area contributed by atoms with Crippen LogP contribution in [0.3, 0.4) is 0 Å². The number of pyridine rings is 1. The van der Waals surface area contributed by atoms with E-state index in [1.54, 1.807) is 11.1 Å². The van der Waals surface area contributed by atoms with Crippen LogP contribution in [0.1, 0.15) is 82.4 Å². The zero-order valence-corrected chi connectivity index (χ0v) is 34.5. The van der Waals surface area contributed by atoms with Gasteiger partial charge in [0.15, 0.2) is 11.6 Å². The molecule has 0 radical (unpaired) electrons. The standard InChI is InChI=1S/C43H59FN8O5/c1-7-52(29(2)3)41(53)34-21-32(44)9-10-37(34)56-39-22-45-28-47-40(39)50-19-12-33(13-20-50)55-38-11-15-46-36-14-18-48(27-35(36)38)16-8-17-49-23-30-25-51(26-31(30)24-49)42(54)57-43(4,5)6/h9-11,15,21-22,28-31,33H,7-8,12-14,16-20,23-27H2,1-6H3. The molecule has 0 N–H and O–H groups in total. The van der Waals surface area contributed by atoms with E-state index in [9.17, 15) is 14.0 Å².